The van der Waals surface area contributed by atoms with Crippen LogP contribution in [0.1, 0.15) is 32.1 Å². The molecule has 0 unspecified atom stereocenters. The third kappa shape index (κ3) is 6.29. The number of aliphatic hydroxyl groups excluding tert-OH is 1. The van der Waals surface area contributed by atoms with Gasteiger partial charge in [0.15, 0.2) is 6.10 Å². The molecule has 0 aromatic heterocycles. The van der Waals surface area contributed by atoms with Crippen LogP contribution >= 0.6 is 0 Å². The minimum absolute atomic E-state index is 0.0150. The maximum Gasteiger partial charge on any atom is 0.414 e. The van der Waals surface area contributed by atoms with Crippen molar-refractivity contribution in [2.45, 2.75) is 56.6 Å². The minimum atomic E-state index is -4.76. The summed E-state index contributed by atoms with van der Waals surface area (Å²) in [5.41, 5.74) is 0. The van der Waals surface area contributed by atoms with Gasteiger partial charge in [-0.25, -0.2) is 4.79 Å². The van der Waals surface area contributed by atoms with Crippen LogP contribution in [-0.2, 0) is 0 Å². The van der Waals surface area contributed by atoms with Gasteiger partial charge < -0.3 is 15.7 Å². The van der Waals surface area contributed by atoms with Gasteiger partial charge in [-0.05, 0) is 25.7 Å². The molecule has 2 amide bonds. The molecule has 1 aliphatic carbocycles. The standard InChI is InChI=1S/C12H18F6N2O2/c13-11(14,15)7-2-1-3-8(6-7)20-10(22)19-5-4-9(21)12(16,17)18/h7-9,21H,1-6H2,(H2,19,20,22)/t7-,8-,9+/m1/s1. The lowest BCUT2D eigenvalue weighted by atomic mass is 9.85. The zero-order chi connectivity index (χ0) is 17.0. The molecule has 0 aromatic rings. The Kier molecular flexibility index (Phi) is 6.33. The van der Waals surface area contributed by atoms with Gasteiger partial charge in [-0.15, -0.1) is 0 Å². The van der Waals surface area contributed by atoms with E-state index in [4.69, 9.17) is 5.11 Å². The first-order chi connectivity index (χ1) is 10.00. The van der Waals surface area contributed by atoms with Crippen molar-refractivity contribution in [3.63, 3.8) is 0 Å². The Balaban J connectivity index is 2.30. The maximum atomic E-state index is 12.6. The Morgan fingerprint density at radius 1 is 1.18 bits per heavy atom. The summed E-state index contributed by atoms with van der Waals surface area (Å²) in [5.74, 6) is -1.47. The van der Waals surface area contributed by atoms with Gasteiger partial charge in [0.25, 0.3) is 0 Å². The molecule has 1 aliphatic rings. The van der Waals surface area contributed by atoms with Gasteiger partial charge in [0, 0.05) is 12.6 Å². The zero-order valence-corrected chi connectivity index (χ0v) is 11.6. The molecule has 0 saturated heterocycles. The molecule has 0 heterocycles. The van der Waals surface area contributed by atoms with Gasteiger partial charge in [0.2, 0.25) is 0 Å². The van der Waals surface area contributed by atoms with Crippen LogP contribution < -0.4 is 10.6 Å². The fourth-order valence-electron chi connectivity index (χ4n) is 2.34. The summed E-state index contributed by atoms with van der Waals surface area (Å²) in [7, 11) is 0. The van der Waals surface area contributed by atoms with Crippen LogP contribution in [0.25, 0.3) is 0 Å². The van der Waals surface area contributed by atoms with Gasteiger partial charge in [-0.2, -0.15) is 26.3 Å². The summed E-state index contributed by atoms with van der Waals surface area (Å²) in [6, 6.07) is -1.49. The summed E-state index contributed by atoms with van der Waals surface area (Å²) in [5, 5.41) is 13.1. The van der Waals surface area contributed by atoms with Crippen LogP contribution in [0.4, 0.5) is 31.1 Å². The number of hydrogen-bond acceptors (Lipinski definition) is 2. The van der Waals surface area contributed by atoms with E-state index in [-0.39, 0.29) is 12.8 Å². The van der Waals surface area contributed by atoms with E-state index in [1.54, 1.807) is 0 Å². The van der Waals surface area contributed by atoms with Crippen molar-refractivity contribution in [3.05, 3.63) is 0 Å². The molecule has 0 bridgehead atoms. The van der Waals surface area contributed by atoms with Crippen LogP contribution in [0.2, 0.25) is 0 Å². The number of carbonyl (C=O) groups is 1. The van der Waals surface area contributed by atoms with Crippen molar-refractivity contribution in [1.82, 2.24) is 10.6 Å². The number of amides is 2. The normalized spacial score (nSPS) is 24.7. The monoisotopic (exact) mass is 336 g/mol. The summed E-state index contributed by atoms with van der Waals surface area (Å²) in [6.07, 6.45) is -11.8. The molecule has 0 aliphatic heterocycles. The fraction of sp³-hybridized carbons (Fsp3) is 0.917. The third-order valence-electron chi connectivity index (χ3n) is 3.55. The number of nitrogens with one attached hydrogen (secondary N) is 2. The van der Waals surface area contributed by atoms with E-state index < -0.39 is 49.4 Å². The molecule has 1 rings (SSSR count). The molecule has 3 N–H and O–H groups in total. The Labute approximate surface area is 123 Å². The molecule has 0 aromatic carbocycles. The first-order valence-electron chi connectivity index (χ1n) is 6.86. The smallest absolute Gasteiger partial charge is 0.384 e. The summed E-state index contributed by atoms with van der Waals surface area (Å²) in [4.78, 5) is 11.4. The largest absolute Gasteiger partial charge is 0.414 e. The number of rotatable bonds is 4. The number of carbonyl (C=O) groups excluding carboxylic acids is 1. The van der Waals surface area contributed by atoms with E-state index in [2.05, 4.69) is 10.6 Å². The number of alkyl halides is 6. The van der Waals surface area contributed by atoms with Crippen molar-refractivity contribution < 1.29 is 36.2 Å². The van der Waals surface area contributed by atoms with Crippen molar-refractivity contribution in [2.24, 2.45) is 5.92 Å². The van der Waals surface area contributed by atoms with Gasteiger partial charge >= 0.3 is 18.4 Å². The molecule has 1 saturated carbocycles. The molecule has 0 radical (unpaired) electrons. The summed E-state index contributed by atoms with van der Waals surface area (Å²) in [6.45, 7) is -0.429. The molecule has 22 heavy (non-hydrogen) atoms. The lowest BCUT2D eigenvalue weighted by molar-refractivity contribution is -0.204. The van der Waals surface area contributed by atoms with Crippen LogP contribution in [0.3, 0.4) is 0 Å². The highest BCUT2D eigenvalue weighted by Crippen LogP contribution is 2.37. The van der Waals surface area contributed by atoms with Crippen molar-refractivity contribution in [2.75, 3.05) is 6.54 Å². The highest BCUT2D eigenvalue weighted by Gasteiger charge is 2.42. The maximum absolute atomic E-state index is 12.6. The highest BCUT2D eigenvalue weighted by molar-refractivity contribution is 5.74. The second-order valence-electron chi connectivity index (χ2n) is 5.35. The summed E-state index contributed by atoms with van der Waals surface area (Å²) >= 11 is 0. The molecule has 0 spiro atoms. The highest BCUT2D eigenvalue weighted by atomic mass is 19.4. The second-order valence-corrected chi connectivity index (χ2v) is 5.35. The molecule has 10 heteroatoms. The van der Waals surface area contributed by atoms with Crippen molar-refractivity contribution in [1.29, 1.82) is 0 Å². The average molecular weight is 336 g/mol. The number of hydrogen-bond donors (Lipinski definition) is 3. The van der Waals surface area contributed by atoms with Crippen LogP contribution in [0.15, 0.2) is 0 Å². The third-order valence-corrected chi connectivity index (χ3v) is 3.55. The van der Waals surface area contributed by atoms with Crippen LogP contribution in [0.5, 0.6) is 0 Å². The van der Waals surface area contributed by atoms with Gasteiger partial charge in [0.05, 0.1) is 5.92 Å². The lowest BCUT2D eigenvalue weighted by Crippen LogP contribution is -2.46. The number of aliphatic hydroxyl groups is 1. The first-order valence-corrected chi connectivity index (χ1v) is 6.86. The molecule has 4 nitrogen and oxygen atoms in total. The number of halogens is 6. The van der Waals surface area contributed by atoms with Crippen LogP contribution in [-0.4, -0.2) is 42.2 Å². The second kappa shape index (κ2) is 7.38. The predicted molar refractivity (Wildman–Crippen MR) is 65.0 cm³/mol. The molecule has 130 valence electrons. The predicted octanol–water partition coefficient (Wildman–Crippen LogP) is 2.72. The van der Waals surface area contributed by atoms with E-state index in [9.17, 15) is 31.1 Å². The van der Waals surface area contributed by atoms with E-state index in [1.807, 2.05) is 0 Å². The first kappa shape index (κ1) is 18.9. The Hall–Kier alpha value is -1.19. The number of urea groups is 1. The van der Waals surface area contributed by atoms with E-state index >= 15 is 0 Å². The van der Waals surface area contributed by atoms with Crippen LogP contribution in [0, 0.1) is 5.92 Å². The van der Waals surface area contributed by atoms with Gasteiger partial charge in [-0.3, -0.25) is 0 Å². The van der Waals surface area contributed by atoms with E-state index in [1.165, 1.54) is 0 Å². The molecule has 1 fully saturated rings. The fourth-order valence-corrected chi connectivity index (χ4v) is 2.34. The molecular weight excluding hydrogens is 318 g/mol. The Morgan fingerprint density at radius 2 is 1.82 bits per heavy atom. The molecular formula is C12H18F6N2O2. The topological polar surface area (TPSA) is 61.4 Å². The average Bonchev–Trinajstić information content (AvgIpc) is 2.36. The van der Waals surface area contributed by atoms with Gasteiger partial charge in [0.1, 0.15) is 0 Å². The lowest BCUT2D eigenvalue weighted by Gasteiger charge is -2.31. The minimum Gasteiger partial charge on any atom is -0.384 e. The Bertz CT molecular complexity index is 372. The summed E-state index contributed by atoms with van der Waals surface area (Å²) < 4.78 is 73.8. The quantitative estimate of drug-likeness (QED) is 0.692. The van der Waals surface area contributed by atoms with E-state index in [0.717, 1.165) is 0 Å². The van der Waals surface area contributed by atoms with E-state index in [0.29, 0.717) is 12.8 Å². The Morgan fingerprint density at radius 3 is 2.36 bits per heavy atom. The SMILES string of the molecule is O=C(NCC[C@H](O)C(F)(F)F)N[C@@H]1CCC[C@@H](C(F)(F)F)C1. The van der Waals surface area contributed by atoms with Crippen molar-refractivity contribution >= 4 is 6.03 Å². The zero-order valence-electron chi connectivity index (χ0n) is 11.6. The van der Waals surface area contributed by atoms with Crippen molar-refractivity contribution in [3.8, 4) is 0 Å². The van der Waals surface area contributed by atoms with Gasteiger partial charge in [-0.1, -0.05) is 6.42 Å². The molecule has 3 atom stereocenters.